The molecule has 21 heavy (non-hydrogen) atoms. The molecule has 3 rings (SSSR count). The predicted octanol–water partition coefficient (Wildman–Crippen LogP) is 2.07. The zero-order valence-electron chi connectivity index (χ0n) is 12.4. The molecule has 2 saturated heterocycles. The maximum Gasteiger partial charge on any atom is 0.227 e. The molecule has 0 bridgehead atoms. The molecular formula is C17H24N2O2. The number of hydrogen-bond donors (Lipinski definition) is 2. The number of hydrogen-bond acceptors (Lipinski definition) is 3. The average Bonchev–Trinajstić information content (AvgIpc) is 3.04. The molecule has 0 spiro atoms. The minimum atomic E-state index is 0.221. The lowest BCUT2D eigenvalue weighted by molar-refractivity contribution is -0.134. The van der Waals surface area contributed by atoms with Crippen LogP contribution in [0.4, 0.5) is 0 Å². The summed E-state index contributed by atoms with van der Waals surface area (Å²) < 4.78 is 0. The number of nitrogens with one attached hydrogen (secondary N) is 1. The van der Waals surface area contributed by atoms with Gasteiger partial charge in [-0.25, -0.2) is 0 Å². The highest BCUT2D eigenvalue weighted by atomic mass is 16.3. The highest BCUT2D eigenvalue weighted by molar-refractivity contribution is 5.79. The smallest absolute Gasteiger partial charge is 0.227 e. The van der Waals surface area contributed by atoms with E-state index in [-0.39, 0.29) is 11.7 Å². The molecule has 1 aromatic carbocycles. The fourth-order valence-electron chi connectivity index (χ4n) is 3.62. The van der Waals surface area contributed by atoms with E-state index in [1.807, 2.05) is 12.1 Å². The first kappa shape index (κ1) is 14.4. The Kier molecular flexibility index (Phi) is 4.44. The van der Waals surface area contributed by atoms with Crippen molar-refractivity contribution in [3.05, 3.63) is 29.8 Å². The number of phenols is 1. The largest absolute Gasteiger partial charge is 0.508 e. The summed E-state index contributed by atoms with van der Waals surface area (Å²) in [5, 5.41) is 12.9. The zero-order valence-corrected chi connectivity index (χ0v) is 12.4. The van der Waals surface area contributed by atoms with Gasteiger partial charge in [0, 0.05) is 18.6 Å². The van der Waals surface area contributed by atoms with E-state index in [2.05, 4.69) is 10.2 Å². The molecule has 4 heteroatoms. The van der Waals surface area contributed by atoms with E-state index in [1.165, 1.54) is 19.3 Å². The van der Waals surface area contributed by atoms with Crippen molar-refractivity contribution in [1.82, 2.24) is 10.2 Å². The Morgan fingerprint density at radius 2 is 2.00 bits per heavy atom. The molecule has 2 N–H and O–H groups in total. The molecule has 2 aliphatic rings. The van der Waals surface area contributed by atoms with Crippen LogP contribution in [0.1, 0.15) is 37.7 Å². The van der Waals surface area contributed by atoms with Gasteiger partial charge in [0.05, 0.1) is 6.42 Å². The predicted molar refractivity (Wildman–Crippen MR) is 82.2 cm³/mol. The van der Waals surface area contributed by atoms with Crippen molar-refractivity contribution in [3.63, 3.8) is 0 Å². The minimum Gasteiger partial charge on any atom is -0.508 e. The van der Waals surface area contributed by atoms with Crippen LogP contribution in [0.5, 0.6) is 5.75 Å². The van der Waals surface area contributed by atoms with E-state index < -0.39 is 0 Å². The third-order valence-electron chi connectivity index (χ3n) is 4.72. The second-order valence-electron chi connectivity index (χ2n) is 6.20. The van der Waals surface area contributed by atoms with E-state index in [0.717, 1.165) is 31.5 Å². The number of carbonyl (C=O) groups is 1. The Morgan fingerprint density at radius 3 is 2.71 bits per heavy atom. The second kappa shape index (κ2) is 6.48. The van der Waals surface area contributed by atoms with Gasteiger partial charge in [-0.2, -0.15) is 0 Å². The first-order chi connectivity index (χ1) is 10.2. The van der Waals surface area contributed by atoms with Crippen molar-refractivity contribution in [2.45, 2.75) is 50.6 Å². The molecule has 1 amide bonds. The molecule has 114 valence electrons. The first-order valence-electron chi connectivity index (χ1n) is 8.05. The molecule has 0 saturated carbocycles. The monoisotopic (exact) mass is 288 g/mol. The number of phenolic OH excluding ortho intramolecular Hbond substituents is 1. The van der Waals surface area contributed by atoms with Crippen LogP contribution in [0.3, 0.4) is 0 Å². The molecule has 0 radical (unpaired) electrons. The third-order valence-corrected chi connectivity index (χ3v) is 4.72. The first-order valence-corrected chi connectivity index (χ1v) is 8.05. The van der Waals surface area contributed by atoms with E-state index in [9.17, 15) is 9.90 Å². The topological polar surface area (TPSA) is 52.6 Å². The summed E-state index contributed by atoms with van der Waals surface area (Å²) in [5.41, 5.74) is 0.974. The quantitative estimate of drug-likeness (QED) is 0.895. The molecule has 1 aromatic rings. The summed E-state index contributed by atoms with van der Waals surface area (Å²) in [4.78, 5) is 14.8. The molecule has 2 unspecified atom stereocenters. The molecular weight excluding hydrogens is 264 g/mol. The number of carbonyl (C=O) groups excluding carboxylic acids is 1. The Morgan fingerprint density at radius 1 is 1.19 bits per heavy atom. The Bertz CT molecular complexity index is 480. The van der Waals surface area contributed by atoms with Gasteiger partial charge >= 0.3 is 0 Å². The van der Waals surface area contributed by atoms with Crippen molar-refractivity contribution in [3.8, 4) is 5.75 Å². The molecule has 2 atom stereocenters. The molecule has 0 aliphatic carbocycles. The van der Waals surface area contributed by atoms with Gasteiger partial charge in [-0.1, -0.05) is 12.1 Å². The van der Waals surface area contributed by atoms with Gasteiger partial charge in [-0.05, 0) is 56.3 Å². The number of amides is 1. The van der Waals surface area contributed by atoms with Gasteiger partial charge in [-0.3, -0.25) is 4.79 Å². The highest BCUT2D eigenvalue weighted by Gasteiger charge is 2.33. The van der Waals surface area contributed by atoms with Crippen LogP contribution in [0.2, 0.25) is 0 Å². The van der Waals surface area contributed by atoms with E-state index in [4.69, 9.17) is 0 Å². The van der Waals surface area contributed by atoms with Crippen LogP contribution in [-0.2, 0) is 11.2 Å². The van der Waals surface area contributed by atoms with E-state index in [0.29, 0.717) is 18.5 Å². The Hall–Kier alpha value is -1.55. The van der Waals surface area contributed by atoms with E-state index >= 15 is 0 Å². The van der Waals surface area contributed by atoms with Crippen LogP contribution in [0, 0.1) is 0 Å². The van der Waals surface area contributed by atoms with Crippen LogP contribution < -0.4 is 5.32 Å². The third kappa shape index (κ3) is 3.38. The van der Waals surface area contributed by atoms with Gasteiger partial charge in [-0.15, -0.1) is 0 Å². The highest BCUT2D eigenvalue weighted by Crippen LogP contribution is 2.25. The number of piperidine rings is 1. The summed E-state index contributed by atoms with van der Waals surface area (Å²) in [6, 6.07) is 7.81. The fourth-order valence-corrected chi connectivity index (χ4v) is 3.62. The van der Waals surface area contributed by atoms with Crippen LogP contribution in [0.25, 0.3) is 0 Å². The minimum absolute atomic E-state index is 0.221. The number of aromatic hydroxyl groups is 1. The lowest BCUT2D eigenvalue weighted by Gasteiger charge is -2.39. The van der Waals surface area contributed by atoms with Gasteiger partial charge in [0.25, 0.3) is 0 Å². The Labute approximate surface area is 126 Å². The second-order valence-corrected chi connectivity index (χ2v) is 6.20. The standard InChI is InChI=1S/C17H24N2O2/c20-14-8-6-13(7-9-14)12-17(21)19-11-2-1-5-16(19)15-4-3-10-18-15/h6-9,15-16,18,20H,1-5,10-12H2. The van der Waals surface area contributed by atoms with Gasteiger partial charge in [0.2, 0.25) is 5.91 Å². The SMILES string of the molecule is O=C(Cc1ccc(O)cc1)N1CCCCC1C1CCCN1. The fraction of sp³-hybridized carbons (Fsp3) is 0.588. The number of rotatable bonds is 3. The summed E-state index contributed by atoms with van der Waals surface area (Å²) in [6.45, 7) is 1.97. The maximum absolute atomic E-state index is 12.7. The summed E-state index contributed by atoms with van der Waals surface area (Å²) in [5.74, 6) is 0.469. The molecule has 2 aliphatic heterocycles. The van der Waals surface area contributed by atoms with Crippen molar-refractivity contribution in [2.75, 3.05) is 13.1 Å². The van der Waals surface area contributed by atoms with Gasteiger partial charge in [0.1, 0.15) is 5.75 Å². The van der Waals surface area contributed by atoms with Crippen LogP contribution >= 0.6 is 0 Å². The van der Waals surface area contributed by atoms with Gasteiger partial charge < -0.3 is 15.3 Å². The summed E-state index contributed by atoms with van der Waals surface area (Å²) >= 11 is 0. The zero-order chi connectivity index (χ0) is 14.7. The van der Waals surface area contributed by atoms with Crippen LogP contribution in [-0.4, -0.2) is 41.1 Å². The van der Waals surface area contributed by atoms with Crippen molar-refractivity contribution in [2.24, 2.45) is 0 Å². The number of benzene rings is 1. The number of nitrogens with zero attached hydrogens (tertiary/aromatic N) is 1. The summed E-state index contributed by atoms with van der Waals surface area (Å²) in [6.07, 6.45) is 6.31. The molecule has 4 nitrogen and oxygen atoms in total. The maximum atomic E-state index is 12.7. The lowest BCUT2D eigenvalue weighted by atomic mass is 9.94. The normalized spacial score (nSPS) is 26.0. The van der Waals surface area contributed by atoms with Gasteiger partial charge in [0.15, 0.2) is 0 Å². The number of likely N-dealkylation sites (tertiary alicyclic amines) is 1. The van der Waals surface area contributed by atoms with Crippen LogP contribution in [0.15, 0.2) is 24.3 Å². The Balaban J connectivity index is 1.67. The summed E-state index contributed by atoms with van der Waals surface area (Å²) in [7, 11) is 0. The van der Waals surface area contributed by atoms with E-state index in [1.54, 1.807) is 12.1 Å². The molecule has 0 aromatic heterocycles. The molecule has 2 fully saturated rings. The average molecular weight is 288 g/mol. The lowest BCUT2D eigenvalue weighted by Crippen LogP contribution is -2.53. The molecule has 2 heterocycles. The van der Waals surface area contributed by atoms with Crippen molar-refractivity contribution in [1.29, 1.82) is 0 Å². The van der Waals surface area contributed by atoms with Crippen molar-refractivity contribution >= 4 is 5.91 Å². The van der Waals surface area contributed by atoms with Crippen molar-refractivity contribution < 1.29 is 9.90 Å².